The number of imidazole rings is 1. The Morgan fingerprint density at radius 3 is 2.41 bits per heavy atom. The van der Waals surface area contributed by atoms with Crippen molar-refractivity contribution in [2.45, 2.75) is 13.0 Å². The van der Waals surface area contributed by atoms with Gasteiger partial charge < -0.3 is 35.4 Å². The number of amides is 2. The van der Waals surface area contributed by atoms with Crippen molar-refractivity contribution in [3.8, 4) is 5.75 Å². The molecule has 2 aliphatic heterocycles. The molecule has 2 aliphatic rings. The molecule has 6 rings (SSSR count). The standard InChI is InChI=1S/C31H34Cl2N8O5/c1-45-25-15-20(39-7-9-40(10-8-39)31(43)44)5-6-24(25)36-29-27(28(34)42)30-35-19(17-38-11-13-46-14-12-38)18-41(30)26(37-29)16-21-22(32)3-2-4-23(21)33/h2-6,15,18,36H,7-14,16-17H2,1H3,(H2,34,42)(H,43,44). The second-order valence-electron chi connectivity index (χ2n) is 11.1. The van der Waals surface area contributed by atoms with Crippen LogP contribution < -0.4 is 20.7 Å². The maximum atomic E-state index is 13.0. The number of fused-ring (bicyclic) bond motifs is 1. The lowest BCUT2D eigenvalue weighted by molar-refractivity contribution is 0.0337. The van der Waals surface area contributed by atoms with Gasteiger partial charge in [0, 0.05) is 80.2 Å². The minimum absolute atomic E-state index is 0.123. The van der Waals surface area contributed by atoms with Gasteiger partial charge in [-0.2, -0.15) is 0 Å². The largest absolute Gasteiger partial charge is 0.494 e. The average molecular weight is 670 g/mol. The Morgan fingerprint density at radius 2 is 1.76 bits per heavy atom. The molecule has 4 aromatic rings. The van der Waals surface area contributed by atoms with Crippen molar-refractivity contribution in [1.82, 2.24) is 24.2 Å². The smallest absolute Gasteiger partial charge is 0.407 e. The number of hydrogen-bond donors (Lipinski definition) is 3. The van der Waals surface area contributed by atoms with Crippen LogP contribution in [0.5, 0.6) is 5.75 Å². The Balaban J connectivity index is 1.39. The van der Waals surface area contributed by atoms with Crippen LogP contribution >= 0.6 is 23.2 Å². The highest BCUT2D eigenvalue weighted by molar-refractivity contribution is 6.36. The van der Waals surface area contributed by atoms with Crippen molar-refractivity contribution < 1.29 is 24.2 Å². The Morgan fingerprint density at radius 1 is 1.04 bits per heavy atom. The number of anilines is 3. The van der Waals surface area contributed by atoms with E-state index >= 15 is 0 Å². The number of nitrogens with zero attached hydrogens (tertiary/aromatic N) is 6. The molecular formula is C31H34Cl2N8O5. The molecule has 4 heterocycles. The van der Waals surface area contributed by atoms with Crippen molar-refractivity contribution in [2.24, 2.45) is 5.73 Å². The molecule has 15 heteroatoms. The molecule has 0 atom stereocenters. The first-order valence-electron chi connectivity index (χ1n) is 14.8. The molecule has 2 fully saturated rings. The van der Waals surface area contributed by atoms with E-state index in [4.69, 9.17) is 48.4 Å². The number of halogens is 2. The Bertz CT molecular complexity index is 1750. The number of rotatable bonds is 9. The third-order valence-electron chi connectivity index (χ3n) is 8.22. The zero-order valence-corrected chi connectivity index (χ0v) is 26.7. The van der Waals surface area contributed by atoms with Gasteiger partial charge in [-0.25, -0.2) is 14.8 Å². The highest BCUT2D eigenvalue weighted by Gasteiger charge is 2.25. The zero-order valence-electron chi connectivity index (χ0n) is 25.2. The quantitative estimate of drug-likeness (QED) is 0.238. The molecule has 242 valence electrons. The van der Waals surface area contributed by atoms with Crippen LogP contribution in [0.2, 0.25) is 10.0 Å². The minimum Gasteiger partial charge on any atom is -0.494 e. The van der Waals surface area contributed by atoms with E-state index in [9.17, 15) is 14.7 Å². The number of carbonyl (C=O) groups is 2. The summed E-state index contributed by atoms with van der Waals surface area (Å²) in [6.07, 6.45) is 1.20. The lowest BCUT2D eigenvalue weighted by Gasteiger charge is -2.34. The molecule has 2 aromatic heterocycles. The average Bonchev–Trinajstić information content (AvgIpc) is 3.46. The summed E-state index contributed by atoms with van der Waals surface area (Å²) in [5.41, 5.74) is 9.33. The molecule has 0 unspecified atom stereocenters. The van der Waals surface area contributed by atoms with E-state index in [1.165, 1.54) is 4.90 Å². The van der Waals surface area contributed by atoms with Gasteiger partial charge in [-0.15, -0.1) is 0 Å². The summed E-state index contributed by atoms with van der Waals surface area (Å²) in [7, 11) is 1.55. The van der Waals surface area contributed by atoms with Crippen LogP contribution in [0, 0.1) is 0 Å². The number of benzene rings is 2. The number of piperazine rings is 1. The zero-order chi connectivity index (χ0) is 32.4. The molecule has 4 N–H and O–H groups in total. The number of aromatic nitrogens is 3. The first-order valence-corrected chi connectivity index (χ1v) is 15.6. The van der Waals surface area contributed by atoms with Gasteiger partial charge in [-0.05, 0) is 29.8 Å². The number of nitrogens with one attached hydrogen (secondary N) is 1. The van der Waals surface area contributed by atoms with Crippen LogP contribution in [0.15, 0.2) is 42.6 Å². The number of morpholine rings is 1. The summed E-state index contributed by atoms with van der Waals surface area (Å²) in [6, 6.07) is 10.9. The van der Waals surface area contributed by atoms with Crippen LogP contribution in [0.25, 0.3) is 5.65 Å². The molecule has 0 bridgehead atoms. The minimum atomic E-state index is -0.923. The number of methoxy groups -OCH3 is 1. The first kappa shape index (κ1) is 31.7. The maximum absolute atomic E-state index is 13.0. The number of primary amides is 1. The molecular weight excluding hydrogens is 635 g/mol. The van der Waals surface area contributed by atoms with Crippen molar-refractivity contribution in [1.29, 1.82) is 0 Å². The second-order valence-corrected chi connectivity index (χ2v) is 11.9. The van der Waals surface area contributed by atoms with Gasteiger partial charge in [0.1, 0.15) is 23.0 Å². The van der Waals surface area contributed by atoms with E-state index in [0.717, 1.165) is 24.5 Å². The van der Waals surface area contributed by atoms with Crippen LogP contribution in [0.1, 0.15) is 27.4 Å². The Hall–Kier alpha value is -4.30. The van der Waals surface area contributed by atoms with E-state index in [2.05, 4.69) is 15.1 Å². The van der Waals surface area contributed by atoms with Gasteiger partial charge in [-0.1, -0.05) is 29.3 Å². The molecule has 0 spiro atoms. The van der Waals surface area contributed by atoms with Crippen molar-refractivity contribution in [3.63, 3.8) is 0 Å². The van der Waals surface area contributed by atoms with Crippen molar-refractivity contribution >= 4 is 58.0 Å². The van der Waals surface area contributed by atoms with E-state index in [0.29, 0.717) is 84.5 Å². The van der Waals surface area contributed by atoms with E-state index in [-0.39, 0.29) is 17.8 Å². The summed E-state index contributed by atoms with van der Waals surface area (Å²) < 4.78 is 13.0. The monoisotopic (exact) mass is 668 g/mol. The van der Waals surface area contributed by atoms with Crippen LogP contribution in [-0.2, 0) is 17.7 Å². The van der Waals surface area contributed by atoms with Crippen LogP contribution in [0.3, 0.4) is 0 Å². The highest BCUT2D eigenvalue weighted by Crippen LogP contribution is 2.35. The van der Waals surface area contributed by atoms with E-state index < -0.39 is 12.0 Å². The summed E-state index contributed by atoms with van der Waals surface area (Å²) in [6.45, 7) is 5.30. The second kappa shape index (κ2) is 13.6. The predicted octanol–water partition coefficient (Wildman–Crippen LogP) is 4.11. The van der Waals surface area contributed by atoms with Crippen molar-refractivity contribution in [2.75, 3.05) is 69.8 Å². The van der Waals surface area contributed by atoms with Gasteiger partial charge in [0.15, 0.2) is 5.65 Å². The first-order chi connectivity index (χ1) is 22.2. The third kappa shape index (κ3) is 6.63. The SMILES string of the molecule is COc1cc(N2CCN(C(=O)O)CC2)ccc1Nc1nc(Cc2c(Cl)cccc2Cl)n2cc(CN3CCOCC3)nc2c1C(N)=O. The Labute approximate surface area is 275 Å². The summed E-state index contributed by atoms with van der Waals surface area (Å²) in [4.78, 5) is 39.9. The van der Waals surface area contributed by atoms with Gasteiger partial charge in [0.2, 0.25) is 0 Å². The normalized spacial score (nSPS) is 15.7. The molecule has 0 saturated carbocycles. The van der Waals surface area contributed by atoms with Crippen LogP contribution in [0.4, 0.5) is 22.0 Å². The molecule has 2 amide bonds. The summed E-state index contributed by atoms with van der Waals surface area (Å²) in [5, 5.41) is 13.6. The van der Waals surface area contributed by atoms with Gasteiger partial charge in [0.05, 0.1) is 31.7 Å². The fraction of sp³-hybridized carbons (Fsp3) is 0.355. The number of ether oxygens (including phenoxy) is 2. The molecule has 2 aromatic carbocycles. The predicted molar refractivity (Wildman–Crippen MR) is 175 cm³/mol. The molecule has 0 aliphatic carbocycles. The van der Waals surface area contributed by atoms with Gasteiger partial charge in [0.25, 0.3) is 5.91 Å². The fourth-order valence-corrected chi connectivity index (χ4v) is 6.31. The topological polar surface area (TPSA) is 151 Å². The molecule has 0 radical (unpaired) electrons. The summed E-state index contributed by atoms with van der Waals surface area (Å²) >= 11 is 13.1. The van der Waals surface area contributed by atoms with Gasteiger partial charge in [-0.3, -0.25) is 14.1 Å². The lowest BCUT2D eigenvalue weighted by Crippen LogP contribution is -2.48. The maximum Gasteiger partial charge on any atom is 0.407 e. The molecule has 2 saturated heterocycles. The highest BCUT2D eigenvalue weighted by atomic mass is 35.5. The van der Waals surface area contributed by atoms with Crippen molar-refractivity contribution in [3.05, 3.63) is 75.3 Å². The Kier molecular flexibility index (Phi) is 9.36. The number of hydrogen-bond acceptors (Lipinski definition) is 9. The number of carbonyl (C=O) groups excluding carboxylic acids is 1. The fourth-order valence-electron chi connectivity index (χ4n) is 5.78. The lowest BCUT2D eigenvalue weighted by atomic mass is 10.1. The van der Waals surface area contributed by atoms with Gasteiger partial charge >= 0.3 is 6.09 Å². The molecule has 13 nitrogen and oxygen atoms in total. The van der Waals surface area contributed by atoms with E-state index in [1.807, 2.05) is 24.4 Å². The van der Waals surface area contributed by atoms with E-state index in [1.54, 1.807) is 29.7 Å². The third-order valence-corrected chi connectivity index (χ3v) is 8.93. The molecule has 46 heavy (non-hydrogen) atoms. The number of carboxylic acid groups (broad SMARTS) is 1. The summed E-state index contributed by atoms with van der Waals surface area (Å²) in [5.74, 6) is 0.563. The van der Waals surface area contributed by atoms with Crippen LogP contribution in [-0.4, -0.2) is 101 Å². The number of nitrogens with two attached hydrogens (primary N) is 1.